The summed E-state index contributed by atoms with van der Waals surface area (Å²) >= 11 is 0. The summed E-state index contributed by atoms with van der Waals surface area (Å²) in [6.07, 6.45) is -3.68. The van der Waals surface area contributed by atoms with E-state index in [1.807, 2.05) is 0 Å². The summed E-state index contributed by atoms with van der Waals surface area (Å²) in [6, 6.07) is 6.69. The number of halogens is 3. The number of ether oxygens (including phenoxy) is 2. The Labute approximate surface area is 192 Å². The van der Waals surface area contributed by atoms with E-state index in [0.29, 0.717) is 15.6 Å². The summed E-state index contributed by atoms with van der Waals surface area (Å²) < 4.78 is 80.0. The van der Waals surface area contributed by atoms with Crippen LogP contribution in [0.2, 0.25) is 0 Å². The molecule has 0 unspecified atom stereocenters. The Morgan fingerprint density at radius 2 is 1.88 bits per heavy atom. The molecule has 5 rings (SSSR count). The number of sulfonamides is 1. The molecule has 178 valence electrons. The van der Waals surface area contributed by atoms with Crippen LogP contribution in [-0.2, 0) is 16.2 Å². The van der Waals surface area contributed by atoms with Crippen molar-refractivity contribution in [2.75, 3.05) is 35.1 Å². The van der Waals surface area contributed by atoms with Gasteiger partial charge in [-0.25, -0.2) is 13.4 Å². The molecule has 1 aromatic carbocycles. The fourth-order valence-corrected chi connectivity index (χ4v) is 5.45. The van der Waals surface area contributed by atoms with Gasteiger partial charge in [0.25, 0.3) is 0 Å². The van der Waals surface area contributed by atoms with E-state index in [1.165, 1.54) is 0 Å². The molecule has 0 spiro atoms. The van der Waals surface area contributed by atoms with Gasteiger partial charge in [-0.05, 0) is 18.6 Å². The summed E-state index contributed by atoms with van der Waals surface area (Å²) in [5.41, 5.74) is -0.676. The van der Waals surface area contributed by atoms with Crippen LogP contribution in [0.25, 0.3) is 16.6 Å². The van der Waals surface area contributed by atoms with E-state index < -0.39 is 33.0 Å². The summed E-state index contributed by atoms with van der Waals surface area (Å²) in [7, 11) is -3.93. The zero-order chi connectivity index (χ0) is 24.1. The summed E-state index contributed by atoms with van der Waals surface area (Å²) in [5.74, 6) is -0.755. The SMILES string of the molecule is C=C1Nc2nc(nc3cnc(N4CCCS4(=O)=O)c(C(F)(F)F)c23)OCCOc2ccccc21. The van der Waals surface area contributed by atoms with Crippen molar-refractivity contribution in [2.45, 2.75) is 12.6 Å². The van der Waals surface area contributed by atoms with Gasteiger partial charge in [-0.3, -0.25) is 4.31 Å². The monoisotopic (exact) mass is 493 g/mol. The number of benzene rings is 1. The van der Waals surface area contributed by atoms with Gasteiger partial charge in [0.1, 0.15) is 30.3 Å². The van der Waals surface area contributed by atoms with Crippen LogP contribution in [0.15, 0.2) is 37.0 Å². The molecule has 1 N–H and O–H groups in total. The quantitative estimate of drug-likeness (QED) is 0.550. The van der Waals surface area contributed by atoms with Crippen molar-refractivity contribution < 1.29 is 31.1 Å². The number of aromatic nitrogens is 3. The van der Waals surface area contributed by atoms with Crippen molar-refractivity contribution in [3.05, 3.63) is 48.2 Å². The van der Waals surface area contributed by atoms with Gasteiger partial charge in [-0.15, -0.1) is 0 Å². The highest BCUT2D eigenvalue weighted by atomic mass is 32.2. The molecule has 9 nitrogen and oxygen atoms in total. The summed E-state index contributed by atoms with van der Waals surface area (Å²) in [4.78, 5) is 12.1. The Hall–Kier alpha value is -3.61. The third-order valence-electron chi connectivity index (χ3n) is 5.37. The molecular weight excluding hydrogens is 475 g/mol. The molecule has 2 bridgehead atoms. The minimum absolute atomic E-state index is 0.0371. The van der Waals surface area contributed by atoms with Gasteiger partial charge in [0.2, 0.25) is 10.0 Å². The van der Waals surface area contributed by atoms with Gasteiger partial charge in [-0.1, -0.05) is 18.7 Å². The highest BCUT2D eigenvalue weighted by molar-refractivity contribution is 7.93. The van der Waals surface area contributed by atoms with E-state index >= 15 is 0 Å². The first kappa shape index (κ1) is 22.2. The van der Waals surface area contributed by atoms with E-state index in [1.54, 1.807) is 24.3 Å². The maximum atomic E-state index is 14.4. The lowest BCUT2D eigenvalue weighted by molar-refractivity contribution is -0.135. The van der Waals surface area contributed by atoms with Crippen LogP contribution in [0.4, 0.5) is 24.8 Å². The molecule has 2 aliphatic rings. The third kappa shape index (κ3) is 3.85. The van der Waals surface area contributed by atoms with Crippen LogP contribution in [0.3, 0.4) is 0 Å². The Bertz CT molecular complexity index is 1410. The maximum Gasteiger partial charge on any atom is 0.420 e. The van der Waals surface area contributed by atoms with Gasteiger partial charge < -0.3 is 14.8 Å². The van der Waals surface area contributed by atoms with Crippen LogP contribution in [0.1, 0.15) is 17.5 Å². The second-order valence-electron chi connectivity index (χ2n) is 7.61. The van der Waals surface area contributed by atoms with E-state index in [-0.39, 0.29) is 55.0 Å². The lowest BCUT2D eigenvalue weighted by Crippen LogP contribution is -2.29. The Kier molecular flexibility index (Phi) is 5.23. The molecule has 0 saturated carbocycles. The van der Waals surface area contributed by atoms with Crippen molar-refractivity contribution >= 4 is 38.3 Å². The second-order valence-corrected chi connectivity index (χ2v) is 9.62. The zero-order valence-electron chi connectivity index (χ0n) is 17.6. The molecule has 13 heteroatoms. The van der Waals surface area contributed by atoms with Crippen molar-refractivity contribution in [3.8, 4) is 11.8 Å². The topological polar surface area (TPSA) is 107 Å². The van der Waals surface area contributed by atoms with Crippen LogP contribution >= 0.6 is 0 Å². The zero-order valence-corrected chi connectivity index (χ0v) is 18.4. The molecule has 0 amide bonds. The average molecular weight is 493 g/mol. The van der Waals surface area contributed by atoms with Gasteiger partial charge in [0, 0.05) is 17.8 Å². The number of hydrogen-bond acceptors (Lipinski definition) is 8. The number of para-hydroxylation sites is 1. The fraction of sp³-hybridized carbons (Fsp3) is 0.286. The first-order chi connectivity index (χ1) is 16.1. The largest absolute Gasteiger partial charge is 0.489 e. The summed E-state index contributed by atoms with van der Waals surface area (Å²) in [5, 5.41) is 2.39. The highest BCUT2D eigenvalue weighted by Gasteiger charge is 2.43. The minimum Gasteiger partial charge on any atom is -0.489 e. The van der Waals surface area contributed by atoms with Crippen molar-refractivity contribution in [1.82, 2.24) is 15.0 Å². The van der Waals surface area contributed by atoms with Crippen LogP contribution in [0, 0.1) is 0 Å². The number of nitrogens with zero attached hydrogens (tertiary/aromatic N) is 4. The van der Waals surface area contributed by atoms with E-state index in [0.717, 1.165) is 6.20 Å². The van der Waals surface area contributed by atoms with Gasteiger partial charge in [0.15, 0.2) is 5.82 Å². The minimum atomic E-state index is -4.96. The molecule has 4 heterocycles. The summed E-state index contributed by atoms with van der Waals surface area (Å²) in [6.45, 7) is 4.01. The predicted molar refractivity (Wildman–Crippen MR) is 118 cm³/mol. The molecule has 0 atom stereocenters. The molecule has 1 saturated heterocycles. The smallest absolute Gasteiger partial charge is 0.420 e. The highest BCUT2D eigenvalue weighted by Crippen LogP contribution is 2.44. The molecule has 1 fully saturated rings. The Morgan fingerprint density at radius 3 is 2.62 bits per heavy atom. The molecular formula is C21H18F3N5O4S. The Morgan fingerprint density at radius 1 is 1.12 bits per heavy atom. The van der Waals surface area contributed by atoms with Crippen LogP contribution < -0.4 is 19.1 Å². The lowest BCUT2D eigenvalue weighted by Gasteiger charge is -2.23. The number of rotatable bonds is 1. The average Bonchev–Trinajstić information content (AvgIpc) is 3.13. The van der Waals surface area contributed by atoms with Crippen molar-refractivity contribution in [2.24, 2.45) is 0 Å². The molecule has 2 aromatic heterocycles. The molecule has 2 aliphatic heterocycles. The van der Waals surface area contributed by atoms with Gasteiger partial charge >= 0.3 is 12.2 Å². The van der Waals surface area contributed by atoms with Crippen LogP contribution in [-0.4, -0.2) is 48.9 Å². The number of alkyl halides is 3. The Balaban J connectivity index is 1.77. The van der Waals surface area contributed by atoms with Gasteiger partial charge in [-0.2, -0.15) is 23.1 Å². The first-order valence-corrected chi connectivity index (χ1v) is 11.9. The number of fused-ring (bicyclic) bond motifs is 5. The first-order valence-electron chi connectivity index (χ1n) is 10.2. The number of pyridine rings is 1. The second kappa shape index (κ2) is 8.01. The maximum absolute atomic E-state index is 14.4. The van der Waals surface area contributed by atoms with Gasteiger partial charge in [0.05, 0.1) is 22.9 Å². The standard InChI is InChI=1S/C21H18F3N5O4S/c1-12-13-5-2-3-6-15(13)32-8-9-33-20-27-14-11-25-19(29-7-4-10-34(29,30)31)17(21(22,23)24)16(14)18(26-12)28-20/h2-3,5-6,11H,1,4,7-10H2,(H,26,27,28). The van der Waals surface area contributed by atoms with E-state index in [4.69, 9.17) is 9.47 Å². The molecule has 0 radical (unpaired) electrons. The van der Waals surface area contributed by atoms with E-state index in [2.05, 4.69) is 26.8 Å². The molecule has 34 heavy (non-hydrogen) atoms. The molecule has 3 aromatic rings. The number of hydrogen-bond donors (Lipinski definition) is 1. The number of anilines is 2. The van der Waals surface area contributed by atoms with Crippen molar-refractivity contribution in [3.63, 3.8) is 0 Å². The van der Waals surface area contributed by atoms with Crippen molar-refractivity contribution in [1.29, 1.82) is 0 Å². The third-order valence-corrected chi connectivity index (χ3v) is 7.20. The van der Waals surface area contributed by atoms with Crippen LogP contribution in [0.5, 0.6) is 11.8 Å². The predicted octanol–water partition coefficient (Wildman–Crippen LogP) is 3.44. The molecule has 0 aliphatic carbocycles. The van der Waals surface area contributed by atoms with E-state index in [9.17, 15) is 21.6 Å². The fourth-order valence-electron chi connectivity index (χ4n) is 3.92. The number of nitrogens with one attached hydrogen (secondary N) is 1. The normalized spacial score (nSPS) is 17.9. The lowest BCUT2D eigenvalue weighted by atomic mass is 10.1.